The zero-order valence-corrected chi connectivity index (χ0v) is 11.6. The van der Waals surface area contributed by atoms with E-state index >= 15 is 0 Å². The number of benzene rings is 2. The maximum Gasteiger partial charge on any atom is 0.333 e. The van der Waals surface area contributed by atoms with Gasteiger partial charge in [0.1, 0.15) is 0 Å². The number of para-hydroxylation sites is 1. The fourth-order valence-corrected chi connectivity index (χ4v) is 2.43. The molecule has 0 unspecified atom stereocenters. The second-order valence-electron chi connectivity index (χ2n) is 4.21. The molecule has 0 aliphatic carbocycles. The van der Waals surface area contributed by atoms with Crippen LogP contribution >= 0.6 is 23.2 Å². The van der Waals surface area contributed by atoms with Crippen molar-refractivity contribution in [1.82, 2.24) is 9.55 Å². The topological polar surface area (TPSA) is 54.9 Å². The Balaban J connectivity index is 2.46. The summed E-state index contributed by atoms with van der Waals surface area (Å²) < 4.78 is 1.00. The van der Waals surface area contributed by atoms with Crippen LogP contribution in [0.5, 0.6) is 0 Å². The SMILES string of the molecule is O=c1[nH]c2ccc(Cl)cc2c(=O)n1-c1ccccc1Cl. The molecule has 0 amide bonds. The van der Waals surface area contributed by atoms with Crippen molar-refractivity contribution in [3.63, 3.8) is 0 Å². The molecule has 0 atom stereocenters. The molecule has 6 heteroatoms. The van der Waals surface area contributed by atoms with Gasteiger partial charge in [-0.15, -0.1) is 0 Å². The van der Waals surface area contributed by atoms with Crippen LogP contribution in [0.15, 0.2) is 52.1 Å². The number of rotatable bonds is 1. The van der Waals surface area contributed by atoms with Gasteiger partial charge in [0.25, 0.3) is 5.56 Å². The summed E-state index contributed by atoms with van der Waals surface area (Å²) in [6.45, 7) is 0. The molecule has 100 valence electrons. The van der Waals surface area contributed by atoms with Crippen LogP contribution in [0.25, 0.3) is 16.6 Å². The van der Waals surface area contributed by atoms with Crippen LogP contribution in [0, 0.1) is 0 Å². The first-order valence-corrected chi connectivity index (χ1v) is 6.53. The number of H-pyrrole nitrogens is 1. The summed E-state index contributed by atoms with van der Waals surface area (Å²) in [6.07, 6.45) is 0. The molecule has 0 saturated carbocycles. The standard InChI is InChI=1S/C14H8Cl2N2O2/c15-8-5-6-11-9(7-8)13(19)18(14(20)17-11)12-4-2-1-3-10(12)16/h1-7H,(H,17,20). The first-order chi connectivity index (χ1) is 9.58. The minimum atomic E-state index is -0.544. The second-order valence-corrected chi connectivity index (χ2v) is 5.06. The summed E-state index contributed by atoms with van der Waals surface area (Å²) >= 11 is 11.9. The van der Waals surface area contributed by atoms with Gasteiger partial charge in [0.2, 0.25) is 0 Å². The molecule has 0 aliphatic rings. The van der Waals surface area contributed by atoms with E-state index in [4.69, 9.17) is 23.2 Å². The zero-order valence-electron chi connectivity index (χ0n) is 10.1. The van der Waals surface area contributed by atoms with E-state index in [9.17, 15) is 9.59 Å². The molecule has 3 rings (SSSR count). The van der Waals surface area contributed by atoms with Crippen LogP contribution in [0.1, 0.15) is 0 Å². The van der Waals surface area contributed by atoms with Crippen LogP contribution in [0.3, 0.4) is 0 Å². The van der Waals surface area contributed by atoms with E-state index in [0.717, 1.165) is 4.57 Å². The monoisotopic (exact) mass is 306 g/mol. The molecule has 0 fully saturated rings. The summed E-state index contributed by atoms with van der Waals surface area (Å²) in [7, 11) is 0. The van der Waals surface area contributed by atoms with E-state index in [2.05, 4.69) is 4.98 Å². The lowest BCUT2D eigenvalue weighted by atomic mass is 10.2. The Morgan fingerprint density at radius 1 is 1.00 bits per heavy atom. The third kappa shape index (κ3) is 2.03. The highest BCUT2D eigenvalue weighted by Crippen LogP contribution is 2.18. The summed E-state index contributed by atoms with van der Waals surface area (Å²) in [5.74, 6) is 0. The first kappa shape index (κ1) is 13.0. The molecule has 0 spiro atoms. The largest absolute Gasteiger partial charge is 0.333 e. The van der Waals surface area contributed by atoms with Crippen molar-refractivity contribution in [2.45, 2.75) is 0 Å². The number of hydrogen-bond donors (Lipinski definition) is 1. The molecule has 1 heterocycles. The predicted molar refractivity (Wildman–Crippen MR) is 80.2 cm³/mol. The van der Waals surface area contributed by atoms with Crippen molar-refractivity contribution in [3.05, 3.63) is 73.3 Å². The molecule has 1 aromatic heterocycles. The van der Waals surface area contributed by atoms with Gasteiger partial charge in [0.15, 0.2) is 0 Å². The minimum absolute atomic E-state index is 0.321. The van der Waals surface area contributed by atoms with E-state index in [1.54, 1.807) is 36.4 Å². The van der Waals surface area contributed by atoms with E-state index in [1.807, 2.05) is 0 Å². The van der Waals surface area contributed by atoms with Gasteiger partial charge < -0.3 is 4.98 Å². The Hall–Kier alpha value is -2.04. The number of nitrogens with zero attached hydrogens (tertiary/aromatic N) is 1. The lowest BCUT2D eigenvalue weighted by molar-refractivity contribution is 0.901. The predicted octanol–water partition coefficient (Wildman–Crippen LogP) is 2.99. The van der Waals surface area contributed by atoms with Crippen LogP contribution in [-0.4, -0.2) is 9.55 Å². The highest BCUT2D eigenvalue weighted by Gasteiger charge is 2.11. The smallest absolute Gasteiger partial charge is 0.306 e. The Kier molecular flexibility index (Phi) is 3.12. The second kappa shape index (κ2) is 4.81. The molecule has 0 radical (unpaired) electrons. The molecule has 0 aliphatic heterocycles. The summed E-state index contributed by atoms with van der Waals surface area (Å²) in [5, 5.41) is 1.07. The Bertz CT molecular complexity index is 928. The van der Waals surface area contributed by atoms with Crippen molar-refractivity contribution in [2.24, 2.45) is 0 Å². The molecule has 0 bridgehead atoms. The maximum absolute atomic E-state index is 12.5. The van der Waals surface area contributed by atoms with Crippen molar-refractivity contribution < 1.29 is 0 Å². The molecule has 3 aromatic rings. The first-order valence-electron chi connectivity index (χ1n) is 5.77. The molecule has 1 N–H and O–H groups in total. The van der Waals surface area contributed by atoms with Gasteiger partial charge in [-0.3, -0.25) is 4.79 Å². The number of hydrogen-bond acceptors (Lipinski definition) is 2. The van der Waals surface area contributed by atoms with Gasteiger partial charge in [0.05, 0.1) is 21.6 Å². The number of halogens is 2. The van der Waals surface area contributed by atoms with Crippen molar-refractivity contribution >= 4 is 34.1 Å². The third-order valence-electron chi connectivity index (χ3n) is 2.95. The van der Waals surface area contributed by atoms with Gasteiger partial charge in [0, 0.05) is 5.02 Å². The number of nitrogens with one attached hydrogen (secondary N) is 1. The van der Waals surface area contributed by atoms with E-state index in [-0.39, 0.29) is 0 Å². The molecule has 20 heavy (non-hydrogen) atoms. The Morgan fingerprint density at radius 2 is 1.75 bits per heavy atom. The number of fused-ring (bicyclic) bond motifs is 1. The van der Waals surface area contributed by atoms with Crippen LogP contribution < -0.4 is 11.2 Å². The van der Waals surface area contributed by atoms with Gasteiger partial charge in [-0.2, -0.15) is 0 Å². The van der Waals surface area contributed by atoms with Crippen molar-refractivity contribution in [3.8, 4) is 5.69 Å². The third-order valence-corrected chi connectivity index (χ3v) is 3.51. The fourth-order valence-electron chi connectivity index (χ4n) is 2.04. The fraction of sp³-hybridized carbons (Fsp3) is 0. The highest BCUT2D eigenvalue weighted by atomic mass is 35.5. The quantitative estimate of drug-likeness (QED) is 0.751. The van der Waals surface area contributed by atoms with E-state index in [0.29, 0.717) is 26.6 Å². The lowest BCUT2D eigenvalue weighted by Crippen LogP contribution is -2.33. The summed E-state index contributed by atoms with van der Waals surface area (Å²) in [4.78, 5) is 27.2. The van der Waals surface area contributed by atoms with Gasteiger partial charge in [-0.25, -0.2) is 9.36 Å². The minimum Gasteiger partial charge on any atom is -0.306 e. The van der Waals surface area contributed by atoms with Gasteiger partial charge >= 0.3 is 5.69 Å². The molecule has 0 saturated heterocycles. The van der Waals surface area contributed by atoms with E-state index < -0.39 is 11.2 Å². The molecule has 4 nitrogen and oxygen atoms in total. The van der Waals surface area contributed by atoms with Crippen molar-refractivity contribution in [1.29, 1.82) is 0 Å². The normalized spacial score (nSPS) is 10.9. The van der Waals surface area contributed by atoms with E-state index in [1.165, 1.54) is 6.07 Å². The highest BCUT2D eigenvalue weighted by molar-refractivity contribution is 6.32. The summed E-state index contributed by atoms with van der Waals surface area (Å²) in [5.41, 5.74) is -0.229. The Labute approximate surface area is 123 Å². The maximum atomic E-state index is 12.5. The van der Waals surface area contributed by atoms with Crippen LogP contribution in [0.4, 0.5) is 0 Å². The average molecular weight is 307 g/mol. The molecule has 2 aromatic carbocycles. The van der Waals surface area contributed by atoms with Gasteiger partial charge in [-0.1, -0.05) is 35.3 Å². The summed E-state index contributed by atoms with van der Waals surface area (Å²) in [6, 6.07) is 11.4. The zero-order chi connectivity index (χ0) is 14.3. The Morgan fingerprint density at radius 3 is 2.50 bits per heavy atom. The molecular weight excluding hydrogens is 299 g/mol. The van der Waals surface area contributed by atoms with Gasteiger partial charge in [-0.05, 0) is 30.3 Å². The average Bonchev–Trinajstić information content (AvgIpc) is 2.42. The molecular formula is C14H8Cl2N2O2. The van der Waals surface area contributed by atoms with Crippen LogP contribution in [-0.2, 0) is 0 Å². The lowest BCUT2D eigenvalue weighted by Gasteiger charge is -2.08. The van der Waals surface area contributed by atoms with Crippen LogP contribution in [0.2, 0.25) is 10.0 Å². The number of aromatic nitrogens is 2. The number of aromatic amines is 1. The van der Waals surface area contributed by atoms with Crippen molar-refractivity contribution in [2.75, 3.05) is 0 Å².